The van der Waals surface area contributed by atoms with Gasteiger partial charge in [0.25, 0.3) is 0 Å². The van der Waals surface area contributed by atoms with Gasteiger partial charge in [-0.2, -0.15) is 5.26 Å². The molecule has 0 spiro atoms. The first-order chi connectivity index (χ1) is 19.0. The van der Waals surface area contributed by atoms with Crippen LogP contribution in [0.4, 0.5) is 5.88 Å². The van der Waals surface area contributed by atoms with E-state index in [0.29, 0.717) is 16.5 Å². The number of fused-ring (bicyclic) bond motifs is 3. The summed E-state index contributed by atoms with van der Waals surface area (Å²) >= 11 is 1.28. The molecule has 39 heavy (non-hydrogen) atoms. The number of nitrogens with one attached hydrogen (secondary N) is 1. The zero-order valence-corrected chi connectivity index (χ0v) is 22.1. The number of pyridine rings is 1. The Kier molecular flexibility index (Phi) is 6.35. The molecule has 3 heterocycles. The molecule has 3 aromatic carbocycles. The third-order valence-corrected chi connectivity index (χ3v) is 7.52. The van der Waals surface area contributed by atoms with Crippen LogP contribution in [0.15, 0.2) is 94.5 Å². The van der Waals surface area contributed by atoms with Crippen LogP contribution in [0.5, 0.6) is 0 Å². The van der Waals surface area contributed by atoms with Crippen molar-refractivity contribution in [3.05, 3.63) is 102 Å². The van der Waals surface area contributed by atoms with Crippen molar-refractivity contribution in [1.82, 2.24) is 14.6 Å². The normalized spacial score (nSPS) is 11.1. The van der Waals surface area contributed by atoms with Crippen LogP contribution in [-0.4, -0.2) is 26.3 Å². The summed E-state index contributed by atoms with van der Waals surface area (Å²) in [6, 6.07) is 29.5. The number of benzene rings is 3. The number of rotatable bonds is 6. The van der Waals surface area contributed by atoms with E-state index < -0.39 is 0 Å². The van der Waals surface area contributed by atoms with Crippen LogP contribution in [0, 0.1) is 25.2 Å². The molecule has 0 aliphatic carbocycles. The summed E-state index contributed by atoms with van der Waals surface area (Å²) in [4.78, 5) is 13.1. The topological polar surface area (TPSA) is 96.2 Å². The van der Waals surface area contributed by atoms with Crippen LogP contribution in [-0.2, 0) is 4.79 Å². The third kappa shape index (κ3) is 4.43. The molecule has 0 unspecified atom stereocenters. The van der Waals surface area contributed by atoms with E-state index in [2.05, 4.69) is 47.6 Å². The lowest BCUT2D eigenvalue weighted by Crippen LogP contribution is -2.14. The molecule has 1 amide bonds. The van der Waals surface area contributed by atoms with Crippen molar-refractivity contribution in [2.45, 2.75) is 19.0 Å². The quantitative estimate of drug-likeness (QED) is 0.233. The predicted molar refractivity (Wildman–Crippen MR) is 154 cm³/mol. The molecule has 7 nitrogen and oxygen atoms in total. The summed E-state index contributed by atoms with van der Waals surface area (Å²) in [7, 11) is 0. The van der Waals surface area contributed by atoms with Crippen molar-refractivity contribution in [3.63, 3.8) is 0 Å². The minimum Gasteiger partial charge on any atom is -0.438 e. The Morgan fingerprint density at radius 3 is 2.38 bits per heavy atom. The maximum Gasteiger partial charge on any atom is 0.237 e. The number of thioether (sulfide) groups is 1. The lowest BCUT2D eigenvalue weighted by Gasteiger charge is -2.10. The first kappa shape index (κ1) is 24.5. The van der Waals surface area contributed by atoms with Gasteiger partial charge in [-0.3, -0.25) is 14.5 Å². The highest BCUT2D eigenvalue weighted by atomic mass is 32.2. The van der Waals surface area contributed by atoms with Gasteiger partial charge in [-0.25, -0.2) is 0 Å². The smallest absolute Gasteiger partial charge is 0.237 e. The SMILES string of the molecule is Cc1cc2nnc(SCC(=O)Nc3oc(-c4ccccc4)c(-c4ccccc4)c3C#N)n2c2c(C)cccc12. The zero-order chi connectivity index (χ0) is 26.9. The molecule has 0 saturated heterocycles. The fraction of sp³-hybridized carbons (Fsp3) is 0.0968. The van der Waals surface area contributed by atoms with E-state index in [-0.39, 0.29) is 23.1 Å². The highest BCUT2D eigenvalue weighted by molar-refractivity contribution is 7.99. The van der Waals surface area contributed by atoms with Gasteiger partial charge in [0.2, 0.25) is 11.8 Å². The molecular weight excluding hydrogens is 506 g/mol. The molecule has 1 N–H and O–H groups in total. The monoisotopic (exact) mass is 529 g/mol. The average molecular weight is 530 g/mol. The van der Waals surface area contributed by atoms with Crippen LogP contribution >= 0.6 is 11.8 Å². The van der Waals surface area contributed by atoms with E-state index >= 15 is 0 Å². The number of anilines is 1. The van der Waals surface area contributed by atoms with Crippen molar-refractivity contribution >= 4 is 40.1 Å². The van der Waals surface area contributed by atoms with Crippen molar-refractivity contribution < 1.29 is 9.21 Å². The summed E-state index contributed by atoms with van der Waals surface area (Å²) in [6.07, 6.45) is 0. The van der Waals surface area contributed by atoms with Crippen LogP contribution in [0.3, 0.4) is 0 Å². The Labute approximate surface area is 229 Å². The second-order valence-electron chi connectivity index (χ2n) is 9.17. The molecule has 3 aromatic heterocycles. The molecular formula is C31H23N5O2S. The molecule has 0 saturated carbocycles. The van der Waals surface area contributed by atoms with Crippen molar-refractivity contribution in [2.24, 2.45) is 0 Å². The van der Waals surface area contributed by atoms with Crippen molar-refractivity contribution in [2.75, 3.05) is 11.1 Å². The fourth-order valence-electron chi connectivity index (χ4n) is 4.82. The number of carbonyl (C=O) groups is 1. The first-order valence-corrected chi connectivity index (χ1v) is 13.4. The minimum absolute atomic E-state index is 0.0644. The van der Waals surface area contributed by atoms with E-state index in [9.17, 15) is 10.1 Å². The predicted octanol–water partition coefficient (Wildman–Crippen LogP) is 7.03. The molecule has 8 heteroatoms. The van der Waals surface area contributed by atoms with Crippen LogP contribution in [0.2, 0.25) is 0 Å². The highest BCUT2D eigenvalue weighted by Gasteiger charge is 2.24. The summed E-state index contributed by atoms with van der Waals surface area (Å²) in [5.41, 5.74) is 6.55. The van der Waals surface area contributed by atoms with Gasteiger partial charge in [-0.15, -0.1) is 10.2 Å². The van der Waals surface area contributed by atoms with E-state index in [1.165, 1.54) is 11.8 Å². The molecule has 0 aliphatic rings. The van der Waals surface area contributed by atoms with Gasteiger partial charge in [0.1, 0.15) is 17.4 Å². The van der Waals surface area contributed by atoms with Crippen LogP contribution < -0.4 is 5.32 Å². The zero-order valence-electron chi connectivity index (χ0n) is 21.3. The maximum absolute atomic E-state index is 13.1. The van der Waals surface area contributed by atoms with Crippen LogP contribution in [0.25, 0.3) is 39.0 Å². The Morgan fingerprint density at radius 1 is 0.949 bits per heavy atom. The third-order valence-electron chi connectivity index (χ3n) is 6.59. The summed E-state index contributed by atoms with van der Waals surface area (Å²) < 4.78 is 8.14. The number of hydrogen-bond acceptors (Lipinski definition) is 6. The molecule has 0 aliphatic heterocycles. The standard InChI is InChI=1S/C31H23N5O2S/c1-19-10-9-15-23-20(2)16-25-34-35-31(36(25)28(19)23)39-18-26(37)33-30-24(17-32)27(21-11-5-3-6-12-21)29(38-30)22-13-7-4-8-14-22/h3-16H,18H2,1-2H3,(H,33,37). The number of amides is 1. The minimum atomic E-state index is -0.311. The number of aryl methyl sites for hydroxylation is 2. The van der Waals surface area contributed by atoms with E-state index in [0.717, 1.165) is 38.8 Å². The number of carbonyl (C=O) groups excluding carboxylic acids is 1. The molecule has 190 valence electrons. The lowest BCUT2D eigenvalue weighted by molar-refractivity contribution is -0.113. The van der Waals surface area contributed by atoms with Gasteiger partial charge in [0, 0.05) is 16.5 Å². The molecule has 0 bridgehead atoms. The van der Waals surface area contributed by atoms with Gasteiger partial charge in [0.15, 0.2) is 10.8 Å². The van der Waals surface area contributed by atoms with Gasteiger partial charge in [0.05, 0.1) is 11.3 Å². The molecule has 0 fully saturated rings. The van der Waals surface area contributed by atoms with Gasteiger partial charge in [-0.05, 0) is 36.6 Å². The Balaban J connectivity index is 1.32. The fourth-order valence-corrected chi connectivity index (χ4v) is 5.56. The van der Waals surface area contributed by atoms with Crippen molar-refractivity contribution in [3.8, 4) is 28.5 Å². The largest absolute Gasteiger partial charge is 0.438 e. The number of para-hydroxylation sites is 1. The molecule has 0 radical (unpaired) electrons. The van der Waals surface area contributed by atoms with E-state index in [4.69, 9.17) is 4.42 Å². The Hall–Kier alpha value is -4.87. The molecule has 6 rings (SSSR count). The second kappa shape index (κ2) is 10.1. The maximum atomic E-state index is 13.1. The Morgan fingerprint density at radius 2 is 1.67 bits per heavy atom. The van der Waals surface area contributed by atoms with Crippen LogP contribution in [0.1, 0.15) is 16.7 Å². The molecule has 6 aromatic rings. The van der Waals surface area contributed by atoms with Gasteiger partial charge < -0.3 is 4.42 Å². The number of nitriles is 1. The summed E-state index contributed by atoms with van der Waals surface area (Å²) in [5.74, 6) is 0.412. The van der Waals surface area contributed by atoms with Crippen molar-refractivity contribution in [1.29, 1.82) is 5.26 Å². The number of hydrogen-bond donors (Lipinski definition) is 1. The average Bonchev–Trinajstić information content (AvgIpc) is 3.54. The lowest BCUT2D eigenvalue weighted by atomic mass is 9.98. The molecule has 0 atom stereocenters. The number of nitrogens with zero attached hydrogens (tertiary/aromatic N) is 4. The second-order valence-corrected chi connectivity index (χ2v) is 10.1. The van der Waals surface area contributed by atoms with Gasteiger partial charge in [-0.1, -0.05) is 90.6 Å². The summed E-state index contributed by atoms with van der Waals surface area (Å²) in [6.45, 7) is 4.11. The number of furan rings is 1. The Bertz CT molecular complexity index is 1890. The highest BCUT2D eigenvalue weighted by Crippen LogP contribution is 2.41. The van der Waals surface area contributed by atoms with Gasteiger partial charge >= 0.3 is 0 Å². The number of aromatic nitrogens is 3. The van der Waals surface area contributed by atoms with E-state index in [1.54, 1.807) is 0 Å². The first-order valence-electron chi connectivity index (χ1n) is 12.4. The van der Waals surface area contributed by atoms with E-state index in [1.807, 2.05) is 77.2 Å². The summed E-state index contributed by atoms with van der Waals surface area (Å²) in [5, 5.41) is 23.4.